The van der Waals surface area contributed by atoms with Gasteiger partial charge in [-0.25, -0.2) is 18.4 Å². The first-order valence-corrected chi connectivity index (χ1v) is 7.76. The average molecular weight is 358 g/mol. The molecule has 0 fully saturated rings. The molecule has 1 aliphatic heterocycles. The molecular formula is C19H12F2O5. The third-order valence-corrected chi connectivity index (χ3v) is 4.39. The van der Waals surface area contributed by atoms with Gasteiger partial charge in [0.05, 0.1) is 24.0 Å². The molecule has 2 heterocycles. The molecular weight excluding hydrogens is 346 g/mol. The maximum absolute atomic E-state index is 13.7. The first-order valence-electron chi connectivity index (χ1n) is 7.76. The lowest BCUT2D eigenvalue weighted by molar-refractivity contribution is -0.148. The van der Waals surface area contributed by atoms with Crippen molar-refractivity contribution in [1.82, 2.24) is 0 Å². The molecule has 4 rings (SSSR count). The van der Waals surface area contributed by atoms with Gasteiger partial charge in [0.25, 0.3) is 0 Å². The summed E-state index contributed by atoms with van der Waals surface area (Å²) in [5, 5.41) is 0.501. The van der Waals surface area contributed by atoms with Crippen LogP contribution in [0.25, 0.3) is 11.0 Å². The van der Waals surface area contributed by atoms with Gasteiger partial charge < -0.3 is 13.9 Å². The standard InChI is InChI=1S/C19H12F2O5/c1-24-19(23)17-14(9-6-7-11(20)12(21)8-9)15-16(26-17)10-4-2-3-5-13(10)25-18(15)22/h2-8,14,17H,1H3/t14-,17+/m0/s1. The quantitative estimate of drug-likeness (QED) is 0.520. The number of halogens is 2. The summed E-state index contributed by atoms with van der Waals surface area (Å²) in [6, 6.07) is 9.85. The van der Waals surface area contributed by atoms with Crippen molar-refractivity contribution >= 4 is 16.9 Å². The molecule has 7 heteroatoms. The van der Waals surface area contributed by atoms with Crippen molar-refractivity contribution in [3.05, 3.63) is 75.6 Å². The molecule has 0 spiro atoms. The number of para-hydroxylation sites is 1. The fourth-order valence-electron chi connectivity index (χ4n) is 3.23. The fraction of sp³-hybridized carbons (Fsp3) is 0.158. The van der Waals surface area contributed by atoms with Crippen LogP contribution in [-0.2, 0) is 9.53 Å². The van der Waals surface area contributed by atoms with E-state index in [1.165, 1.54) is 13.2 Å². The number of hydrogen-bond acceptors (Lipinski definition) is 5. The Bertz CT molecular complexity index is 1090. The number of methoxy groups -OCH3 is 1. The molecule has 132 valence electrons. The van der Waals surface area contributed by atoms with E-state index in [0.717, 1.165) is 12.1 Å². The summed E-state index contributed by atoms with van der Waals surface area (Å²) in [4.78, 5) is 24.8. The van der Waals surface area contributed by atoms with Gasteiger partial charge >= 0.3 is 11.6 Å². The van der Waals surface area contributed by atoms with E-state index in [1.807, 2.05) is 0 Å². The number of fused-ring (bicyclic) bond motifs is 3. The van der Waals surface area contributed by atoms with Crippen LogP contribution in [0.4, 0.5) is 8.78 Å². The zero-order chi connectivity index (χ0) is 18.4. The molecule has 0 aliphatic carbocycles. The van der Waals surface area contributed by atoms with Crippen LogP contribution in [0.15, 0.2) is 51.7 Å². The number of carbonyl (C=O) groups is 1. The lowest BCUT2D eigenvalue weighted by Gasteiger charge is -2.16. The van der Waals surface area contributed by atoms with Gasteiger partial charge in [0.2, 0.25) is 6.10 Å². The summed E-state index contributed by atoms with van der Waals surface area (Å²) >= 11 is 0. The summed E-state index contributed by atoms with van der Waals surface area (Å²) in [5.41, 5.74) is -0.128. The Hall–Kier alpha value is -3.22. The van der Waals surface area contributed by atoms with Gasteiger partial charge in [-0.1, -0.05) is 18.2 Å². The molecule has 1 aliphatic rings. The van der Waals surface area contributed by atoms with Crippen molar-refractivity contribution in [3.63, 3.8) is 0 Å². The van der Waals surface area contributed by atoms with Gasteiger partial charge in [-0.3, -0.25) is 0 Å². The molecule has 0 saturated carbocycles. The van der Waals surface area contributed by atoms with Crippen LogP contribution in [0.1, 0.15) is 17.0 Å². The van der Waals surface area contributed by atoms with Crippen molar-refractivity contribution in [2.45, 2.75) is 12.0 Å². The Balaban J connectivity index is 1.99. The van der Waals surface area contributed by atoms with Gasteiger partial charge in [0.1, 0.15) is 11.3 Å². The second-order valence-electron chi connectivity index (χ2n) is 5.84. The normalized spacial score (nSPS) is 18.4. The highest BCUT2D eigenvalue weighted by molar-refractivity contribution is 5.88. The summed E-state index contributed by atoms with van der Waals surface area (Å²) < 4.78 is 42.9. The second kappa shape index (κ2) is 5.94. The highest BCUT2D eigenvalue weighted by Crippen LogP contribution is 2.44. The minimum absolute atomic E-state index is 0.0742. The molecule has 0 unspecified atom stereocenters. The maximum Gasteiger partial charge on any atom is 0.348 e. The predicted octanol–water partition coefficient (Wildman–Crippen LogP) is 3.14. The first-order chi connectivity index (χ1) is 12.5. The van der Waals surface area contributed by atoms with E-state index in [9.17, 15) is 18.4 Å². The third-order valence-electron chi connectivity index (χ3n) is 4.39. The predicted molar refractivity (Wildman–Crippen MR) is 87.1 cm³/mol. The third kappa shape index (κ3) is 2.35. The first kappa shape index (κ1) is 16.3. The Labute approximate surface area is 145 Å². The summed E-state index contributed by atoms with van der Waals surface area (Å²) in [6.45, 7) is 0. The van der Waals surface area contributed by atoms with Crippen molar-refractivity contribution < 1.29 is 27.5 Å². The molecule has 0 N–H and O–H groups in total. The van der Waals surface area contributed by atoms with E-state index >= 15 is 0 Å². The molecule has 0 radical (unpaired) electrons. The second-order valence-corrected chi connectivity index (χ2v) is 5.84. The molecule has 0 saturated heterocycles. The van der Waals surface area contributed by atoms with E-state index in [2.05, 4.69) is 0 Å². The maximum atomic E-state index is 13.7. The highest BCUT2D eigenvalue weighted by Gasteiger charge is 2.45. The summed E-state index contributed by atoms with van der Waals surface area (Å²) in [5.74, 6) is -3.66. The van der Waals surface area contributed by atoms with E-state index in [0.29, 0.717) is 11.0 Å². The smallest absolute Gasteiger partial charge is 0.348 e. The minimum atomic E-state index is -1.21. The van der Waals surface area contributed by atoms with Crippen LogP contribution in [-0.4, -0.2) is 19.2 Å². The molecule has 3 aromatic rings. The molecule has 1 aromatic heterocycles. The Kier molecular flexibility index (Phi) is 3.72. The summed E-state index contributed by atoms with van der Waals surface area (Å²) in [6.07, 6.45) is -1.21. The summed E-state index contributed by atoms with van der Waals surface area (Å²) in [7, 11) is 1.18. The monoisotopic (exact) mass is 358 g/mol. The van der Waals surface area contributed by atoms with Crippen LogP contribution < -0.4 is 10.4 Å². The number of esters is 1. The Morgan fingerprint density at radius 2 is 1.88 bits per heavy atom. The van der Waals surface area contributed by atoms with E-state index < -0.39 is 35.3 Å². The van der Waals surface area contributed by atoms with Crippen molar-refractivity contribution in [2.24, 2.45) is 0 Å². The van der Waals surface area contributed by atoms with Crippen LogP contribution >= 0.6 is 0 Å². The topological polar surface area (TPSA) is 65.7 Å². The SMILES string of the molecule is COC(=O)[C@@H]1Oc2c(c(=O)oc3ccccc23)[C@@H]1c1ccc(F)c(F)c1. The number of hydrogen-bond donors (Lipinski definition) is 0. The van der Waals surface area contributed by atoms with Crippen LogP contribution in [0.3, 0.4) is 0 Å². The van der Waals surface area contributed by atoms with Crippen molar-refractivity contribution in [2.75, 3.05) is 7.11 Å². The molecule has 0 amide bonds. The number of ether oxygens (including phenoxy) is 2. The zero-order valence-electron chi connectivity index (χ0n) is 13.5. The van der Waals surface area contributed by atoms with Crippen LogP contribution in [0, 0.1) is 11.6 Å². The van der Waals surface area contributed by atoms with E-state index in [-0.39, 0.29) is 16.9 Å². The zero-order valence-corrected chi connectivity index (χ0v) is 13.5. The molecule has 0 bridgehead atoms. The number of benzene rings is 2. The Morgan fingerprint density at radius 1 is 1.12 bits per heavy atom. The largest absolute Gasteiger partial charge is 0.476 e. The fourth-order valence-corrected chi connectivity index (χ4v) is 3.23. The lowest BCUT2D eigenvalue weighted by atomic mass is 9.88. The average Bonchev–Trinajstić information content (AvgIpc) is 3.05. The van der Waals surface area contributed by atoms with Gasteiger partial charge in [-0.2, -0.15) is 0 Å². The molecule has 2 atom stereocenters. The van der Waals surface area contributed by atoms with Crippen molar-refractivity contribution in [1.29, 1.82) is 0 Å². The van der Waals surface area contributed by atoms with Gasteiger partial charge in [-0.15, -0.1) is 0 Å². The highest BCUT2D eigenvalue weighted by atomic mass is 19.2. The number of rotatable bonds is 2. The lowest BCUT2D eigenvalue weighted by Crippen LogP contribution is -2.31. The van der Waals surface area contributed by atoms with Gasteiger partial charge in [0.15, 0.2) is 11.6 Å². The molecule has 5 nitrogen and oxygen atoms in total. The van der Waals surface area contributed by atoms with E-state index in [4.69, 9.17) is 13.9 Å². The van der Waals surface area contributed by atoms with Crippen molar-refractivity contribution in [3.8, 4) is 5.75 Å². The molecule has 26 heavy (non-hydrogen) atoms. The molecule has 2 aromatic carbocycles. The van der Waals surface area contributed by atoms with Crippen LogP contribution in [0.5, 0.6) is 5.75 Å². The van der Waals surface area contributed by atoms with Gasteiger partial charge in [0, 0.05) is 0 Å². The van der Waals surface area contributed by atoms with E-state index in [1.54, 1.807) is 24.3 Å². The van der Waals surface area contributed by atoms with Gasteiger partial charge in [-0.05, 0) is 29.8 Å². The Morgan fingerprint density at radius 3 is 2.62 bits per heavy atom. The van der Waals surface area contributed by atoms with Crippen LogP contribution in [0.2, 0.25) is 0 Å². The number of carbonyl (C=O) groups excluding carboxylic acids is 1. The minimum Gasteiger partial charge on any atom is -0.476 e.